The van der Waals surface area contributed by atoms with Gasteiger partial charge in [0.1, 0.15) is 0 Å². The van der Waals surface area contributed by atoms with Crippen LogP contribution in [-0.2, 0) is 11.3 Å². The Labute approximate surface area is 133 Å². The summed E-state index contributed by atoms with van der Waals surface area (Å²) in [6.07, 6.45) is 4.38. The lowest BCUT2D eigenvalue weighted by molar-refractivity contribution is 0.151. The average Bonchev–Trinajstić information content (AvgIpc) is 3.09. The first-order valence-corrected chi connectivity index (χ1v) is 8.37. The molecule has 0 bridgehead atoms. The predicted molar refractivity (Wildman–Crippen MR) is 87.2 cm³/mol. The van der Waals surface area contributed by atoms with Crippen molar-refractivity contribution in [2.24, 2.45) is 5.41 Å². The van der Waals surface area contributed by atoms with Crippen LogP contribution in [0.1, 0.15) is 18.4 Å². The van der Waals surface area contributed by atoms with Gasteiger partial charge in [-0.2, -0.15) is 0 Å². The Kier molecular flexibility index (Phi) is 3.48. The molecule has 0 saturated carbocycles. The molecule has 4 rings (SSSR count). The molecule has 0 amide bonds. The summed E-state index contributed by atoms with van der Waals surface area (Å²) in [5.41, 5.74) is 2.87. The van der Waals surface area contributed by atoms with Gasteiger partial charge in [0.2, 0.25) is 0 Å². The van der Waals surface area contributed by atoms with E-state index in [9.17, 15) is 0 Å². The first-order chi connectivity index (χ1) is 10.2. The molecule has 0 unspecified atom stereocenters. The minimum absolute atomic E-state index is 0.426. The number of benzene rings is 1. The molecule has 0 aliphatic carbocycles. The molecule has 1 spiro atoms. The molecule has 2 fully saturated rings. The third kappa shape index (κ3) is 2.60. The van der Waals surface area contributed by atoms with Crippen LogP contribution in [0.15, 0.2) is 34.9 Å². The van der Waals surface area contributed by atoms with Gasteiger partial charge in [-0.05, 0) is 43.1 Å². The van der Waals surface area contributed by atoms with Gasteiger partial charge in [-0.3, -0.25) is 9.88 Å². The number of rotatable bonds is 2. The molecule has 110 valence electrons. The number of fused-ring (bicyclic) bond motifs is 1. The van der Waals surface area contributed by atoms with Crippen LogP contribution in [0.3, 0.4) is 0 Å². The molecule has 2 aliphatic rings. The van der Waals surface area contributed by atoms with Gasteiger partial charge in [0.25, 0.3) is 0 Å². The Morgan fingerprint density at radius 2 is 2.29 bits per heavy atom. The molecule has 0 radical (unpaired) electrons. The lowest BCUT2D eigenvalue weighted by atomic mass is 9.87. The molecule has 2 saturated heterocycles. The van der Waals surface area contributed by atoms with E-state index in [1.54, 1.807) is 0 Å². The fourth-order valence-corrected chi connectivity index (χ4v) is 4.25. The Morgan fingerprint density at radius 1 is 1.33 bits per heavy atom. The Bertz CT molecular complexity index is 667. The molecule has 0 N–H and O–H groups in total. The summed E-state index contributed by atoms with van der Waals surface area (Å²) in [5.74, 6) is 0. The van der Waals surface area contributed by atoms with Crippen molar-refractivity contribution in [1.82, 2.24) is 9.88 Å². The maximum atomic E-state index is 5.62. The Morgan fingerprint density at radius 3 is 3.14 bits per heavy atom. The lowest BCUT2D eigenvalue weighted by Crippen LogP contribution is -2.27. The third-order valence-electron chi connectivity index (χ3n) is 4.84. The number of hydrogen-bond acceptors (Lipinski definition) is 3. The Hall–Kier alpha value is -0.970. The van der Waals surface area contributed by atoms with Gasteiger partial charge in [-0.25, -0.2) is 0 Å². The minimum atomic E-state index is 0.426. The summed E-state index contributed by atoms with van der Waals surface area (Å²) in [5, 5.41) is 1.21. The summed E-state index contributed by atoms with van der Waals surface area (Å²) < 4.78 is 6.76. The number of hydrogen-bond donors (Lipinski definition) is 0. The number of pyridine rings is 1. The summed E-state index contributed by atoms with van der Waals surface area (Å²) in [4.78, 5) is 7.14. The molecular formula is C17H19BrN2O. The van der Waals surface area contributed by atoms with Crippen molar-refractivity contribution in [3.8, 4) is 0 Å². The van der Waals surface area contributed by atoms with Crippen molar-refractivity contribution in [2.45, 2.75) is 19.4 Å². The van der Waals surface area contributed by atoms with Crippen molar-refractivity contribution in [2.75, 3.05) is 26.3 Å². The normalized spacial score (nSPS) is 26.1. The highest BCUT2D eigenvalue weighted by atomic mass is 79.9. The fraction of sp³-hybridized carbons (Fsp3) is 0.471. The smallest absolute Gasteiger partial charge is 0.0747 e. The van der Waals surface area contributed by atoms with Gasteiger partial charge in [0.15, 0.2) is 0 Å². The minimum Gasteiger partial charge on any atom is -0.381 e. The van der Waals surface area contributed by atoms with Crippen LogP contribution in [0.5, 0.6) is 0 Å². The fourth-order valence-electron chi connectivity index (χ4n) is 3.72. The summed E-state index contributed by atoms with van der Waals surface area (Å²) >= 11 is 3.63. The molecule has 4 heteroatoms. The van der Waals surface area contributed by atoms with Gasteiger partial charge in [-0.15, -0.1) is 0 Å². The maximum Gasteiger partial charge on any atom is 0.0747 e. The molecule has 3 nitrogen and oxygen atoms in total. The van der Waals surface area contributed by atoms with E-state index in [2.05, 4.69) is 44.0 Å². The highest BCUT2D eigenvalue weighted by Gasteiger charge is 2.41. The second-order valence-corrected chi connectivity index (χ2v) is 7.32. The van der Waals surface area contributed by atoms with E-state index < -0.39 is 0 Å². The molecule has 21 heavy (non-hydrogen) atoms. The number of nitrogens with zero attached hydrogens (tertiary/aromatic N) is 2. The molecule has 2 aromatic rings. The van der Waals surface area contributed by atoms with Crippen LogP contribution in [0, 0.1) is 5.41 Å². The molecule has 3 heterocycles. The zero-order valence-corrected chi connectivity index (χ0v) is 13.6. The zero-order chi connectivity index (χ0) is 14.3. The van der Waals surface area contributed by atoms with Gasteiger partial charge in [0.05, 0.1) is 12.1 Å². The third-order valence-corrected chi connectivity index (χ3v) is 5.30. The topological polar surface area (TPSA) is 25.4 Å². The van der Waals surface area contributed by atoms with E-state index in [0.29, 0.717) is 5.41 Å². The predicted octanol–water partition coefficient (Wildman–Crippen LogP) is 3.61. The molecule has 2 aliphatic heterocycles. The van der Waals surface area contributed by atoms with Crippen LogP contribution in [0.2, 0.25) is 0 Å². The van der Waals surface area contributed by atoms with Crippen LogP contribution in [-0.4, -0.2) is 36.2 Å². The summed E-state index contributed by atoms with van der Waals surface area (Å²) in [6.45, 7) is 5.20. The van der Waals surface area contributed by atoms with Crippen LogP contribution in [0.25, 0.3) is 10.9 Å². The van der Waals surface area contributed by atoms with Crippen LogP contribution < -0.4 is 0 Å². The maximum absolute atomic E-state index is 5.62. The van der Waals surface area contributed by atoms with Gasteiger partial charge in [-0.1, -0.05) is 22.0 Å². The standard InChI is InChI=1S/C17H19BrN2O/c18-15-8-13-2-1-5-19-16(13)14(9-15)10-20-6-3-17(11-20)4-7-21-12-17/h1-2,5,8-9H,3-4,6-7,10-12H2/t17-/m1/s1. The lowest BCUT2D eigenvalue weighted by Gasteiger charge is -2.22. The van der Waals surface area contributed by atoms with E-state index in [0.717, 1.165) is 36.3 Å². The number of aromatic nitrogens is 1. The van der Waals surface area contributed by atoms with E-state index in [1.807, 2.05) is 12.3 Å². The highest BCUT2D eigenvalue weighted by molar-refractivity contribution is 9.10. The van der Waals surface area contributed by atoms with Crippen molar-refractivity contribution in [1.29, 1.82) is 0 Å². The van der Waals surface area contributed by atoms with E-state index in [1.165, 1.54) is 30.3 Å². The van der Waals surface area contributed by atoms with Crippen molar-refractivity contribution < 1.29 is 4.74 Å². The second kappa shape index (κ2) is 5.34. The number of likely N-dealkylation sites (tertiary alicyclic amines) is 1. The average molecular weight is 347 g/mol. The first kappa shape index (κ1) is 13.7. The van der Waals surface area contributed by atoms with Crippen LogP contribution >= 0.6 is 15.9 Å². The zero-order valence-electron chi connectivity index (χ0n) is 12.0. The summed E-state index contributed by atoms with van der Waals surface area (Å²) in [7, 11) is 0. The molecule has 1 atom stereocenters. The quantitative estimate of drug-likeness (QED) is 0.830. The van der Waals surface area contributed by atoms with Crippen molar-refractivity contribution in [3.05, 3.63) is 40.5 Å². The van der Waals surface area contributed by atoms with Crippen LogP contribution in [0.4, 0.5) is 0 Å². The number of halogens is 1. The van der Waals surface area contributed by atoms with Gasteiger partial charge in [0, 0.05) is 41.2 Å². The molecule has 1 aromatic carbocycles. The van der Waals surface area contributed by atoms with Crippen molar-refractivity contribution in [3.63, 3.8) is 0 Å². The first-order valence-electron chi connectivity index (χ1n) is 7.57. The molecule has 1 aromatic heterocycles. The largest absolute Gasteiger partial charge is 0.381 e. The SMILES string of the molecule is Brc1cc(CN2CC[C@@]3(CCOC3)C2)c2ncccc2c1. The Balaban J connectivity index is 1.60. The van der Waals surface area contributed by atoms with E-state index >= 15 is 0 Å². The van der Waals surface area contributed by atoms with E-state index in [-0.39, 0.29) is 0 Å². The monoisotopic (exact) mass is 346 g/mol. The highest BCUT2D eigenvalue weighted by Crippen LogP contribution is 2.39. The van der Waals surface area contributed by atoms with Gasteiger partial charge < -0.3 is 4.74 Å². The summed E-state index contributed by atoms with van der Waals surface area (Å²) in [6, 6.07) is 8.49. The van der Waals surface area contributed by atoms with Gasteiger partial charge >= 0.3 is 0 Å². The van der Waals surface area contributed by atoms with Crippen molar-refractivity contribution >= 4 is 26.8 Å². The number of ether oxygens (including phenoxy) is 1. The van der Waals surface area contributed by atoms with E-state index in [4.69, 9.17) is 4.74 Å². The second-order valence-electron chi connectivity index (χ2n) is 6.40. The molecular weight excluding hydrogens is 328 g/mol.